The number of ether oxygens (including phenoxy) is 1. The zero-order chi connectivity index (χ0) is 14.5. The predicted molar refractivity (Wildman–Crippen MR) is 78.0 cm³/mol. The van der Waals surface area contributed by atoms with Gasteiger partial charge in [-0.1, -0.05) is 6.92 Å². The standard InChI is InChI=1S/C15H21F2NOS/c1-3-5-18-9-11-7-12(16)15(13(17)8-11)20-14-4-6-19-10(14)2/h7-8,10,14,18H,3-6,9H2,1-2H3. The van der Waals surface area contributed by atoms with Crippen LogP contribution < -0.4 is 5.32 Å². The summed E-state index contributed by atoms with van der Waals surface area (Å²) < 4.78 is 33.6. The van der Waals surface area contributed by atoms with Gasteiger partial charge in [-0.2, -0.15) is 0 Å². The number of rotatable bonds is 6. The van der Waals surface area contributed by atoms with E-state index in [1.807, 2.05) is 6.92 Å². The lowest BCUT2D eigenvalue weighted by Gasteiger charge is -2.15. The number of nitrogens with one attached hydrogen (secondary N) is 1. The van der Waals surface area contributed by atoms with Gasteiger partial charge in [0.25, 0.3) is 0 Å². The van der Waals surface area contributed by atoms with Crippen molar-refractivity contribution in [3.63, 3.8) is 0 Å². The fourth-order valence-corrected chi connectivity index (χ4v) is 3.38. The van der Waals surface area contributed by atoms with Crippen LogP contribution in [0.25, 0.3) is 0 Å². The molecule has 2 rings (SSSR count). The smallest absolute Gasteiger partial charge is 0.140 e. The average molecular weight is 301 g/mol. The third-order valence-electron chi connectivity index (χ3n) is 3.39. The van der Waals surface area contributed by atoms with Gasteiger partial charge >= 0.3 is 0 Å². The van der Waals surface area contributed by atoms with Crippen LogP contribution in [0.1, 0.15) is 32.3 Å². The molecule has 1 saturated heterocycles. The summed E-state index contributed by atoms with van der Waals surface area (Å²) in [4.78, 5) is 0.117. The minimum Gasteiger partial charge on any atom is -0.377 e. The first-order valence-electron chi connectivity index (χ1n) is 7.08. The fourth-order valence-electron chi connectivity index (χ4n) is 2.25. The highest BCUT2D eigenvalue weighted by Crippen LogP contribution is 2.35. The van der Waals surface area contributed by atoms with Gasteiger partial charge in [-0.3, -0.25) is 0 Å². The first kappa shape index (κ1) is 15.7. The summed E-state index contributed by atoms with van der Waals surface area (Å²) in [5, 5.41) is 3.27. The monoisotopic (exact) mass is 301 g/mol. The van der Waals surface area contributed by atoms with Gasteiger partial charge in [-0.05, 0) is 44.0 Å². The molecule has 20 heavy (non-hydrogen) atoms. The molecule has 0 saturated carbocycles. The topological polar surface area (TPSA) is 21.3 Å². The number of thioether (sulfide) groups is 1. The number of hydrogen-bond donors (Lipinski definition) is 1. The first-order chi connectivity index (χ1) is 9.61. The van der Waals surface area contributed by atoms with Gasteiger partial charge in [0.1, 0.15) is 11.6 Å². The molecule has 0 aromatic heterocycles. The molecule has 2 nitrogen and oxygen atoms in total. The Bertz CT molecular complexity index is 432. The molecule has 1 heterocycles. The van der Waals surface area contributed by atoms with E-state index in [0.29, 0.717) is 18.7 Å². The SMILES string of the molecule is CCCNCc1cc(F)c(SC2CCOC2C)c(F)c1. The minimum absolute atomic E-state index is 0.0460. The summed E-state index contributed by atoms with van der Waals surface area (Å²) in [5.41, 5.74) is 0.647. The van der Waals surface area contributed by atoms with Gasteiger partial charge in [0.05, 0.1) is 11.0 Å². The van der Waals surface area contributed by atoms with Gasteiger partial charge in [0.2, 0.25) is 0 Å². The zero-order valence-electron chi connectivity index (χ0n) is 11.9. The molecule has 1 N–H and O–H groups in total. The molecule has 112 valence electrons. The Morgan fingerprint density at radius 2 is 2.05 bits per heavy atom. The second-order valence-electron chi connectivity index (χ2n) is 5.09. The van der Waals surface area contributed by atoms with Gasteiger partial charge < -0.3 is 10.1 Å². The normalized spacial score (nSPS) is 22.4. The Morgan fingerprint density at radius 3 is 2.60 bits per heavy atom. The van der Waals surface area contributed by atoms with E-state index in [9.17, 15) is 8.78 Å². The summed E-state index contributed by atoms with van der Waals surface area (Å²) in [6.45, 7) is 6.01. The Kier molecular flexibility index (Phi) is 5.81. The van der Waals surface area contributed by atoms with Gasteiger partial charge in [-0.25, -0.2) is 8.78 Å². The lowest BCUT2D eigenvalue weighted by Crippen LogP contribution is -2.15. The minimum atomic E-state index is -0.470. The maximum absolute atomic E-state index is 14.1. The quantitative estimate of drug-likeness (QED) is 0.809. The van der Waals surface area contributed by atoms with E-state index in [0.717, 1.165) is 19.4 Å². The summed E-state index contributed by atoms with van der Waals surface area (Å²) in [6, 6.07) is 2.85. The van der Waals surface area contributed by atoms with Crippen molar-refractivity contribution in [2.75, 3.05) is 13.2 Å². The lowest BCUT2D eigenvalue weighted by molar-refractivity contribution is 0.127. The number of hydrogen-bond acceptors (Lipinski definition) is 3. The van der Waals surface area contributed by atoms with E-state index in [1.165, 1.54) is 23.9 Å². The van der Waals surface area contributed by atoms with Crippen molar-refractivity contribution in [2.45, 2.75) is 49.5 Å². The van der Waals surface area contributed by atoms with Crippen molar-refractivity contribution in [1.82, 2.24) is 5.32 Å². The Morgan fingerprint density at radius 1 is 1.35 bits per heavy atom. The van der Waals surface area contributed by atoms with Crippen LogP contribution in [0.3, 0.4) is 0 Å². The Balaban J connectivity index is 2.06. The fraction of sp³-hybridized carbons (Fsp3) is 0.600. The molecule has 0 spiro atoms. The van der Waals surface area contributed by atoms with Crippen LogP contribution in [0.5, 0.6) is 0 Å². The highest BCUT2D eigenvalue weighted by atomic mass is 32.2. The van der Waals surface area contributed by atoms with Crippen molar-refractivity contribution in [2.24, 2.45) is 0 Å². The average Bonchev–Trinajstić information content (AvgIpc) is 2.80. The van der Waals surface area contributed by atoms with E-state index >= 15 is 0 Å². The van der Waals surface area contributed by atoms with Gasteiger partial charge in [-0.15, -0.1) is 11.8 Å². The molecule has 2 unspecified atom stereocenters. The highest BCUT2D eigenvalue weighted by Gasteiger charge is 2.27. The Labute approximate surface area is 123 Å². The molecule has 1 aliphatic rings. The third kappa shape index (κ3) is 3.93. The summed E-state index contributed by atoms with van der Waals surface area (Å²) in [7, 11) is 0. The van der Waals surface area contributed by atoms with Crippen LogP contribution in [-0.4, -0.2) is 24.5 Å². The summed E-state index contributed by atoms with van der Waals surface area (Å²) in [6.07, 6.45) is 1.88. The zero-order valence-corrected chi connectivity index (χ0v) is 12.7. The maximum Gasteiger partial charge on any atom is 0.140 e. The predicted octanol–water partition coefficient (Wildman–Crippen LogP) is 3.73. The van der Waals surface area contributed by atoms with Crippen LogP contribution in [0.2, 0.25) is 0 Å². The van der Waals surface area contributed by atoms with E-state index < -0.39 is 11.6 Å². The van der Waals surface area contributed by atoms with E-state index in [4.69, 9.17) is 4.74 Å². The van der Waals surface area contributed by atoms with Crippen LogP contribution in [0, 0.1) is 11.6 Å². The summed E-state index contributed by atoms with van der Waals surface area (Å²) >= 11 is 1.25. The van der Waals surface area contributed by atoms with Crippen molar-refractivity contribution >= 4 is 11.8 Å². The molecular weight excluding hydrogens is 280 g/mol. The molecule has 0 radical (unpaired) electrons. The van der Waals surface area contributed by atoms with Crippen molar-refractivity contribution in [1.29, 1.82) is 0 Å². The van der Waals surface area contributed by atoms with Crippen molar-refractivity contribution in [3.05, 3.63) is 29.3 Å². The molecule has 0 aliphatic carbocycles. The van der Waals surface area contributed by atoms with Crippen LogP contribution >= 0.6 is 11.8 Å². The second-order valence-corrected chi connectivity index (χ2v) is 6.34. The molecule has 1 aromatic carbocycles. The van der Waals surface area contributed by atoms with Gasteiger partial charge in [0, 0.05) is 18.4 Å². The molecular formula is C15H21F2NOS. The van der Waals surface area contributed by atoms with E-state index in [1.54, 1.807) is 0 Å². The van der Waals surface area contributed by atoms with E-state index in [2.05, 4.69) is 12.2 Å². The Hall–Kier alpha value is -0.650. The third-order valence-corrected chi connectivity index (χ3v) is 4.94. The lowest BCUT2D eigenvalue weighted by atomic mass is 10.2. The number of benzene rings is 1. The molecule has 2 atom stereocenters. The first-order valence-corrected chi connectivity index (χ1v) is 7.96. The summed E-state index contributed by atoms with van der Waals surface area (Å²) in [5.74, 6) is -0.940. The molecule has 0 bridgehead atoms. The van der Waals surface area contributed by atoms with Crippen molar-refractivity contribution in [3.8, 4) is 0 Å². The van der Waals surface area contributed by atoms with Crippen LogP contribution in [-0.2, 0) is 11.3 Å². The maximum atomic E-state index is 14.1. The van der Waals surface area contributed by atoms with Crippen LogP contribution in [0.4, 0.5) is 8.78 Å². The van der Waals surface area contributed by atoms with Crippen LogP contribution in [0.15, 0.2) is 17.0 Å². The highest BCUT2D eigenvalue weighted by molar-refractivity contribution is 8.00. The molecule has 0 amide bonds. The molecule has 5 heteroatoms. The molecule has 1 aromatic rings. The van der Waals surface area contributed by atoms with Gasteiger partial charge in [0.15, 0.2) is 0 Å². The molecule has 1 aliphatic heterocycles. The van der Waals surface area contributed by atoms with Crippen molar-refractivity contribution < 1.29 is 13.5 Å². The number of halogens is 2. The molecule has 1 fully saturated rings. The van der Waals surface area contributed by atoms with E-state index in [-0.39, 0.29) is 16.2 Å². The largest absolute Gasteiger partial charge is 0.377 e. The second kappa shape index (κ2) is 7.38.